The van der Waals surface area contributed by atoms with E-state index in [1.54, 1.807) is 33.9 Å². The average Bonchev–Trinajstić information content (AvgIpc) is 4.02. The molecule has 2 aromatic rings. The highest BCUT2D eigenvalue weighted by molar-refractivity contribution is 5.98. The molecule has 2 heterocycles. The lowest BCUT2D eigenvalue weighted by molar-refractivity contribution is -0.136. The largest absolute Gasteiger partial charge is 0.394 e. The number of aromatic nitrogens is 1. The van der Waals surface area contributed by atoms with E-state index in [1.807, 2.05) is 38.1 Å². The molecule has 8 atom stereocenters. The summed E-state index contributed by atoms with van der Waals surface area (Å²) in [7, 11) is 0. The van der Waals surface area contributed by atoms with Gasteiger partial charge in [0.15, 0.2) is 11.9 Å². The predicted molar refractivity (Wildman–Crippen MR) is 281 cm³/mol. The van der Waals surface area contributed by atoms with Gasteiger partial charge in [-0.05, 0) is 93.7 Å². The third-order valence-corrected chi connectivity index (χ3v) is 12.1. The van der Waals surface area contributed by atoms with E-state index in [0.29, 0.717) is 13.0 Å². The van der Waals surface area contributed by atoms with Gasteiger partial charge in [0.05, 0.1) is 12.6 Å². The van der Waals surface area contributed by atoms with Crippen molar-refractivity contribution in [3.63, 3.8) is 0 Å². The lowest BCUT2D eigenvalue weighted by Gasteiger charge is -2.28. The molecule has 1 aliphatic heterocycles. The predicted octanol–water partition coefficient (Wildman–Crippen LogP) is -2.42. The van der Waals surface area contributed by atoms with Crippen LogP contribution in [-0.4, -0.2) is 144 Å². The van der Waals surface area contributed by atoms with E-state index in [0.717, 1.165) is 22.9 Å². The Bertz CT molecular complexity index is 2250. The van der Waals surface area contributed by atoms with Crippen LogP contribution in [0.2, 0.25) is 0 Å². The van der Waals surface area contributed by atoms with E-state index in [9.17, 15) is 43.5 Å². The van der Waals surface area contributed by atoms with Gasteiger partial charge in [-0.15, -0.1) is 0 Å². The molecule has 412 valence electrons. The molecule has 0 radical (unpaired) electrons. The lowest BCUT2D eigenvalue weighted by Crippen LogP contribution is -2.61. The molecule has 20 N–H and O–H groups in total. The second-order valence-corrected chi connectivity index (χ2v) is 20.0. The molecule has 0 bridgehead atoms. The summed E-state index contributed by atoms with van der Waals surface area (Å²) in [6.45, 7) is 10.8. The summed E-state index contributed by atoms with van der Waals surface area (Å²) in [4.78, 5) is 121. The van der Waals surface area contributed by atoms with Crippen LogP contribution in [0.15, 0.2) is 40.4 Å². The summed E-state index contributed by atoms with van der Waals surface area (Å²) in [5.41, 5.74) is 29.2. The number of hydrogen-bond acceptors (Lipinski definition) is 12. The summed E-state index contributed by atoms with van der Waals surface area (Å²) >= 11 is 0. The van der Waals surface area contributed by atoms with Crippen LogP contribution in [0.25, 0.3) is 10.9 Å². The molecule has 8 amide bonds. The Kier molecular flexibility index (Phi) is 25.6. The highest BCUT2D eigenvalue weighted by Gasteiger charge is 2.35. The number of H-pyrrole nitrogens is 1. The zero-order valence-electron chi connectivity index (χ0n) is 43.6. The number of fused-ring (bicyclic) bond motifs is 1. The van der Waals surface area contributed by atoms with Gasteiger partial charge in [-0.3, -0.25) is 48.3 Å². The number of guanidine groups is 2. The SMILES string of the molecule is CC(C)C[C@H](NC(=O)[C@H](CCCN=C(N)N)NC(=O)[C@H](CC(C)C)NC(=O)[C@H](CO)NC(=O)[C@H](CC(C)C)NC(=O)[C@H](CCCN=C(N)N)NC(=O)[C@H](Cc1c[nH]c2ccccc12)NC(=O)[C@@H]1CCCN1)C(N)=O. The van der Waals surface area contributed by atoms with Crippen molar-refractivity contribution in [3.8, 4) is 0 Å². The molecule has 1 aliphatic rings. The molecule has 0 spiro atoms. The van der Waals surface area contributed by atoms with Gasteiger partial charge in [-0.25, -0.2) is 0 Å². The fourth-order valence-corrected chi connectivity index (χ4v) is 8.41. The monoisotopic (exact) mass is 1040 g/mol. The minimum absolute atomic E-state index is 0.00569. The second-order valence-electron chi connectivity index (χ2n) is 20.0. The summed E-state index contributed by atoms with van der Waals surface area (Å²) in [6.07, 6.45) is 4.05. The fraction of sp³-hybridized carbons (Fsp3) is 0.633. The Hall–Kier alpha value is -7.02. The number of carbonyl (C=O) groups excluding carboxylic acids is 8. The van der Waals surface area contributed by atoms with Crippen LogP contribution >= 0.6 is 0 Å². The molecule has 1 fully saturated rings. The molecule has 0 unspecified atom stereocenters. The van der Waals surface area contributed by atoms with E-state index >= 15 is 0 Å². The molecule has 25 heteroatoms. The van der Waals surface area contributed by atoms with Crippen LogP contribution in [-0.2, 0) is 44.8 Å². The Balaban J connectivity index is 1.85. The Morgan fingerprint density at radius 1 is 0.595 bits per heavy atom. The van der Waals surface area contributed by atoms with Crippen molar-refractivity contribution >= 4 is 70.1 Å². The molecular weight excluding hydrogens is 957 g/mol. The van der Waals surface area contributed by atoms with E-state index in [1.165, 1.54) is 0 Å². The maximum absolute atomic E-state index is 14.3. The average molecular weight is 1040 g/mol. The van der Waals surface area contributed by atoms with Gasteiger partial charge in [-0.1, -0.05) is 59.7 Å². The molecule has 1 aromatic heterocycles. The maximum Gasteiger partial charge on any atom is 0.245 e. The van der Waals surface area contributed by atoms with Gasteiger partial charge in [0.25, 0.3) is 0 Å². The number of aliphatic hydroxyl groups is 1. The van der Waals surface area contributed by atoms with Crippen molar-refractivity contribution in [2.24, 2.45) is 56.4 Å². The second kappa shape index (κ2) is 30.9. The molecule has 0 saturated carbocycles. The molecule has 1 aromatic carbocycles. The number of nitrogens with zero attached hydrogens (tertiary/aromatic N) is 2. The van der Waals surface area contributed by atoms with Crippen LogP contribution in [0, 0.1) is 17.8 Å². The standard InChI is InChI=1S/C49H82N16O9/c1-26(2)20-35(40(50)67)61-42(69)33(15-10-18-56-48(51)52)59-44(71)36(21-27(3)4)63-47(74)39(25-66)65-45(72)37(22-28(5)6)62-43(70)34(16-11-19-57-49(53)54)60-46(73)38(64-41(68)32-14-9-17-55-32)23-29-24-58-31-13-8-7-12-30(29)31/h7-8,12-13,24,26-28,32-39,55,58,66H,9-11,14-23,25H2,1-6H3,(H2,50,67)(H,59,71)(H,60,73)(H,61,69)(H,62,70)(H,63,74)(H,64,68)(H,65,72)(H4,51,52,56)(H4,53,54,57)/t32-,33-,34-,35-,36-,37-,38-,39-/m0/s1. The van der Waals surface area contributed by atoms with Gasteiger partial charge >= 0.3 is 0 Å². The molecule has 1 saturated heterocycles. The molecule has 3 rings (SSSR count). The van der Waals surface area contributed by atoms with Crippen molar-refractivity contribution in [2.45, 2.75) is 154 Å². The molecular formula is C49H82N16O9. The van der Waals surface area contributed by atoms with E-state index in [4.69, 9.17) is 28.7 Å². The highest BCUT2D eigenvalue weighted by Crippen LogP contribution is 2.20. The zero-order valence-corrected chi connectivity index (χ0v) is 43.6. The number of aliphatic hydroxyl groups excluding tert-OH is 1. The highest BCUT2D eigenvalue weighted by atomic mass is 16.3. The molecule has 25 nitrogen and oxygen atoms in total. The van der Waals surface area contributed by atoms with Crippen molar-refractivity contribution in [2.75, 3.05) is 26.2 Å². The van der Waals surface area contributed by atoms with Crippen LogP contribution < -0.4 is 71.2 Å². The number of carbonyl (C=O) groups is 8. The summed E-state index contributed by atoms with van der Waals surface area (Å²) in [6, 6.07) is -1.86. The first-order valence-electron chi connectivity index (χ1n) is 25.4. The Morgan fingerprint density at radius 3 is 1.49 bits per heavy atom. The number of para-hydroxylation sites is 1. The fourth-order valence-electron chi connectivity index (χ4n) is 8.41. The number of benzene rings is 1. The quantitative estimate of drug-likeness (QED) is 0.0206. The van der Waals surface area contributed by atoms with Gasteiger partial charge < -0.3 is 81.3 Å². The number of primary amides is 1. The first-order chi connectivity index (χ1) is 35.0. The van der Waals surface area contributed by atoms with E-state index < -0.39 is 96.3 Å². The normalized spacial score (nSPS) is 16.2. The number of nitrogens with two attached hydrogens (primary N) is 5. The smallest absolute Gasteiger partial charge is 0.245 e. The van der Waals surface area contributed by atoms with Crippen molar-refractivity contribution in [1.29, 1.82) is 0 Å². The van der Waals surface area contributed by atoms with Crippen LogP contribution in [0.3, 0.4) is 0 Å². The Morgan fingerprint density at radius 2 is 1.03 bits per heavy atom. The van der Waals surface area contributed by atoms with Gasteiger partial charge in [-0.2, -0.15) is 0 Å². The lowest BCUT2D eigenvalue weighted by atomic mass is 10.00. The van der Waals surface area contributed by atoms with Crippen LogP contribution in [0.1, 0.15) is 105 Å². The Labute approximate surface area is 432 Å². The number of aliphatic imine (C=N–C) groups is 2. The minimum Gasteiger partial charge on any atom is -0.394 e. The maximum atomic E-state index is 14.3. The minimum atomic E-state index is -1.62. The third kappa shape index (κ3) is 21.2. The summed E-state index contributed by atoms with van der Waals surface area (Å²) in [5.74, 6) is -6.58. The van der Waals surface area contributed by atoms with Crippen LogP contribution in [0.5, 0.6) is 0 Å². The number of hydrogen-bond donors (Lipinski definition) is 15. The van der Waals surface area contributed by atoms with Crippen molar-refractivity contribution in [1.82, 2.24) is 47.5 Å². The molecule has 0 aliphatic carbocycles. The van der Waals surface area contributed by atoms with Crippen LogP contribution in [0.4, 0.5) is 0 Å². The topological polar surface area (TPSA) is 424 Å². The van der Waals surface area contributed by atoms with Gasteiger partial charge in [0, 0.05) is 36.6 Å². The zero-order chi connectivity index (χ0) is 55.1. The first-order valence-corrected chi connectivity index (χ1v) is 25.4. The first kappa shape index (κ1) is 61.3. The summed E-state index contributed by atoms with van der Waals surface area (Å²) < 4.78 is 0. The molecule has 74 heavy (non-hydrogen) atoms. The number of amides is 8. The number of rotatable bonds is 32. The van der Waals surface area contributed by atoms with Gasteiger partial charge in [0.2, 0.25) is 47.3 Å². The number of nitrogens with one attached hydrogen (secondary N) is 9. The third-order valence-electron chi connectivity index (χ3n) is 12.1. The van der Waals surface area contributed by atoms with Crippen molar-refractivity contribution in [3.05, 3.63) is 36.0 Å². The van der Waals surface area contributed by atoms with Gasteiger partial charge in [0.1, 0.15) is 42.3 Å². The van der Waals surface area contributed by atoms with E-state index in [2.05, 4.69) is 57.5 Å². The number of aromatic amines is 1. The summed E-state index contributed by atoms with van der Waals surface area (Å²) in [5, 5.41) is 33.2. The van der Waals surface area contributed by atoms with Crippen molar-refractivity contribution < 1.29 is 43.5 Å². The van der Waals surface area contributed by atoms with E-state index in [-0.39, 0.29) is 100 Å².